The van der Waals surface area contributed by atoms with Gasteiger partial charge in [-0.3, -0.25) is 19.2 Å². The number of hydrogen-bond acceptors (Lipinski definition) is 9. The van der Waals surface area contributed by atoms with Crippen molar-refractivity contribution in [3.05, 3.63) is 0 Å². The van der Waals surface area contributed by atoms with Crippen LogP contribution in [0.25, 0.3) is 0 Å². The van der Waals surface area contributed by atoms with Crippen LogP contribution in [0.1, 0.15) is 92.9 Å². The molecule has 1 spiro atoms. The highest BCUT2D eigenvalue weighted by atomic mass is 16.8. The maximum absolute atomic E-state index is 13.1. The Bertz CT molecular complexity index is 960. The first kappa shape index (κ1) is 28.8. The van der Waals surface area contributed by atoms with E-state index in [0.717, 1.165) is 19.3 Å². The average molecular weight is 537 g/mol. The molecule has 4 unspecified atom stereocenters. The normalized spacial score (nSPS) is 41.1. The summed E-state index contributed by atoms with van der Waals surface area (Å²) in [5, 5.41) is 0. The van der Waals surface area contributed by atoms with Crippen molar-refractivity contribution in [3.63, 3.8) is 0 Å². The van der Waals surface area contributed by atoms with Crippen LogP contribution in [-0.2, 0) is 42.9 Å². The highest BCUT2D eigenvalue weighted by Crippen LogP contribution is 2.73. The summed E-state index contributed by atoms with van der Waals surface area (Å²) in [6.07, 6.45) is 2.90. The van der Waals surface area contributed by atoms with Gasteiger partial charge < -0.3 is 23.7 Å². The van der Waals surface area contributed by atoms with Gasteiger partial charge in [0.1, 0.15) is 6.10 Å². The molecule has 1 saturated heterocycles. The second-order valence-corrected chi connectivity index (χ2v) is 12.8. The number of hydrogen-bond donors (Lipinski definition) is 0. The third-order valence-corrected chi connectivity index (χ3v) is 10.1. The molecule has 0 aromatic carbocycles. The molecule has 4 aliphatic rings. The van der Waals surface area contributed by atoms with Crippen molar-refractivity contribution >= 4 is 23.9 Å². The van der Waals surface area contributed by atoms with Crippen LogP contribution in [-0.4, -0.2) is 49.7 Å². The van der Waals surface area contributed by atoms with Crippen molar-refractivity contribution in [1.82, 2.24) is 0 Å². The number of carbonyl (C=O) groups excluding carboxylic acids is 4. The fourth-order valence-corrected chi connectivity index (χ4v) is 9.24. The van der Waals surface area contributed by atoms with Crippen molar-refractivity contribution < 1.29 is 42.9 Å². The quantitative estimate of drug-likeness (QED) is 0.356. The summed E-state index contributed by atoms with van der Waals surface area (Å²) in [4.78, 5) is 50.6. The third-order valence-electron chi connectivity index (χ3n) is 10.1. The van der Waals surface area contributed by atoms with E-state index in [-0.39, 0.29) is 28.6 Å². The molecule has 1 aliphatic heterocycles. The summed E-state index contributed by atoms with van der Waals surface area (Å²) < 4.78 is 29.3. The van der Waals surface area contributed by atoms with Crippen molar-refractivity contribution in [1.29, 1.82) is 0 Å². The van der Waals surface area contributed by atoms with Gasteiger partial charge in [0, 0.05) is 37.5 Å². The molecule has 0 amide bonds. The monoisotopic (exact) mass is 536 g/mol. The molecule has 9 nitrogen and oxygen atoms in total. The molecule has 9 heteroatoms. The molecular weight excluding hydrogens is 492 g/mol. The number of fused-ring (bicyclic) bond motifs is 2. The summed E-state index contributed by atoms with van der Waals surface area (Å²) >= 11 is 0. The first-order valence-electron chi connectivity index (χ1n) is 14.1. The van der Waals surface area contributed by atoms with Gasteiger partial charge in [-0.15, -0.1) is 0 Å². The fourth-order valence-electron chi connectivity index (χ4n) is 9.24. The second-order valence-electron chi connectivity index (χ2n) is 12.8. The maximum atomic E-state index is 13.1. The van der Waals surface area contributed by atoms with Gasteiger partial charge in [-0.05, 0) is 55.3 Å². The smallest absolute Gasteiger partial charge is 0.309 e. The zero-order chi connectivity index (χ0) is 28.0. The first-order chi connectivity index (χ1) is 17.8. The van der Waals surface area contributed by atoms with Crippen LogP contribution in [0.15, 0.2) is 0 Å². The fraction of sp³-hybridized carbons (Fsp3) is 0.862. The average Bonchev–Trinajstić information content (AvgIpc) is 3.08. The van der Waals surface area contributed by atoms with E-state index in [1.807, 2.05) is 6.92 Å². The second kappa shape index (κ2) is 10.4. The molecule has 9 atom stereocenters. The van der Waals surface area contributed by atoms with E-state index >= 15 is 0 Å². The summed E-state index contributed by atoms with van der Waals surface area (Å²) in [5.41, 5.74) is -1.28. The van der Waals surface area contributed by atoms with E-state index in [1.54, 1.807) is 0 Å². The lowest BCUT2D eigenvalue weighted by atomic mass is 9.37. The highest BCUT2D eigenvalue weighted by molar-refractivity contribution is 5.74. The number of rotatable bonds is 6. The molecule has 3 aliphatic carbocycles. The van der Waals surface area contributed by atoms with Crippen molar-refractivity contribution in [2.45, 2.75) is 112 Å². The molecule has 0 N–H and O–H groups in total. The van der Waals surface area contributed by atoms with Crippen LogP contribution in [0.2, 0.25) is 0 Å². The van der Waals surface area contributed by atoms with Gasteiger partial charge in [0.25, 0.3) is 0 Å². The zero-order valence-electron chi connectivity index (χ0n) is 23.9. The van der Waals surface area contributed by atoms with Crippen LogP contribution in [0.4, 0.5) is 0 Å². The van der Waals surface area contributed by atoms with Gasteiger partial charge in [0.2, 0.25) is 12.6 Å². The zero-order valence-corrected chi connectivity index (χ0v) is 23.9. The predicted molar refractivity (Wildman–Crippen MR) is 135 cm³/mol. The van der Waals surface area contributed by atoms with E-state index in [1.165, 1.54) is 21.0 Å². The van der Waals surface area contributed by atoms with Crippen molar-refractivity contribution in [2.24, 2.45) is 39.9 Å². The minimum atomic E-state index is -1.09. The van der Waals surface area contributed by atoms with Gasteiger partial charge in [-0.25, -0.2) is 0 Å². The number of carbonyl (C=O) groups is 4. The minimum Gasteiger partial charge on any atom is -0.469 e. The van der Waals surface area contributed by atoms with E-state index in [4.69, 9.17) is 23.7 Å². The lowest BCUT2D eigenvalue weighted by Gasteiger charge is -2.67. The summed E-state index contributed by atoms with van der Waals surface area (Å²) in [5.74, 6) is -2.93. The Morgan fingerprint density at radius 1 is 0.947 bits per heavy atom. The Morgan fingerprint density at radius 2 is 1.63 bits per heavy atom. The third kappa shape index (κ3) is 4.62. The Labute approximate surface area is 225 Å². The summed E-state index contributed by atoms with van der Waals surface area (Å²) in [7, 11) is 1.35. The summed E-state index contributed by atoms with van der Waals surface area (Å²) in [6, 6.07) is 0. The lowest BCUT2D eigenvalue weighted by molar-refractivity contribution is -0.269. The largest absolute Gasteiger partial charge is 0.469 e. The Morgan fingerprint density at radius 3 is 2.24 bits per heavy atom. The van der Waals surface area contributed by atoms with E-state index in [9.17, 15) is 19.2 Å². The number of methoxy groups -OCH3 is 1. The molecule has 1 heterocycles. The lowest BCUT2D eigenvalue weighted by Crippen LogP contribution is -2.67. The number of ether oxygens (including phenoxy) is 5. The standard InChI is InChI=1S/C29H44O9/c1-8-10-21(32)37-19-15-29-20(28(6)14-9-13-27(4,5)23(19)28)12-11-18(24(33)34-7)22(29)25(35-16(2)30)38-26(29)36-17(3)31/h18-20,22-23,25-26H,8-15H2,1-7H3/t18-,19+,20?,22?,23?,25?,26-,28-,29+/m1/s1. The molecule has 0 radical (unpaired) electrons. The van der Waals surface area contributed by atoms with Gasteiger partial charge in [-0.2, -0.15) is 0 Å². The maximum Gasteiger partial charge on any atom is 0.309 e. The van der Waals surface area contributed by atoms with Crippen molar-refractivity contribution in [2.75, 3.05) is 7.11 Å². The summed E-state index contributed by atoms with van der Waals surface area (Å²) in [6.45, 7) is 11.3. The Balaban J connectivity index is 1.92. The topological polar surface area (TPSA) is 114 Å². The van der Waals surface area contributed by atoms with Crippen molar-refractivity contribution in [3.8, 4) is 0 Å². The van der Waals surface area contributed by atoms with Gasteiger partial charge >= 0.3 is 23.9 Å². The van der Waals surface area contributed by atoms with Gasteiger partial charge in [0.05, 0.1) is 13.0 Å². The molecule has 38 heavy (non-hydrogen) atoms. The van der Waals surface area contributed by atoms with Crippen LogP contribution >= 0.6 is 0 Å². The van der Waals surface area contributed by atoms with Crippen LogP contribution in [0, 0.1) is 39.9 Å². The van der Waals surface area contributed by atoms with E-state index < -0.39 is 53.8 Å². The predicted octanol–water partition coefficient (Wildman–Crippen LogP) is 4.55. The Hall–Kier alpha value is -2.16. The molecule has 0 aromatic rings. The van der Waals surface area contributed by atoms with Crippen LogP contribution in [0.5, 0.6) is 0 Å². The molecular formula is C29H44O9. The van der Waals surface area contributed by atoms with E-state index in [2.05, 4.69) is 20.8 Å². The SMILES string of the molecule is CCCC(=O)O[C@H]1C[C@]23C(C(OC(C)=O)O[C@H]2OC(C)=O)[C@H](C(=O)OC)CCC3[C@@]2(C)CCCC(C)(C)C12. The molecule has 214 valence electrons. The van der Waals surface area contributed by atoms with Gasteiger partial charge in [0.15, 0.2) is 0 Å². The highest BCUT2D eigenvalue weighted by Gasteiger charge is 2.76. The molecule has 4 fully saturated rings. The first-order valence-corrected chi connectivity index (χ1v) is 14.1. The molecule has 0 bridgehead atoms. The molecule has 4 rings (SSSR count). The van der Waals surface area contributed by atoms with E-state index in [0.29, 0.717) is 32.1 Å². The van der Waals surface area contributed by atoms with Crippen LogP contribution < -0.4 is 0 Å². The molecule has 3 saturated carbocycles. The molecule has 0 aromatic heterocycles. The minimum absolute atomic E-state index is 0.0171. The van der Waals surface area contributed by atoms with Gasteiger partial charge in [-0.1, -0.05) is 34.1 Å². The number of esters is 4. The van der Waals surface area contributed by atoms with Crippen LogP contribution in [0.3, 0.4) is 0 Å². The Kier molecular flexibility index (Phi) is 7.92.